The topological polar surface area (TPSA) is 80.6 Å². The van der Waals surface area contributed by atoms with Crippen molar-refractivity contribution in [1.29, 1.82) is 0 Å². The molecule has 0 unspecified atom stereocenters. The van der Waals surface area contributed by atoms with Crippen molar-refractivity contribution in [2.45, 2.75) is 4.90 Å². The summed E-state index contributed by atoms with van der Waals surface area (Å²) < 4.78 is 34.4. The molecule has 1 aliphatic heterocycles. The van der Waals surface area contributed by atoms with E-state index in [1.165, 1.54) is 29.9 Å². The molecule has 0 bridgehead atoms. The lowest BCUT2D eigenvalue weighted by molar-refractivity contribution is 0.383. The average Bonchev–Trinajstić information content (AvgIpc) is 3.29. The maximum Gasteiger partial charge on any atom is 0.243 e. The molecule has 0 saturated carbocycles. The molecule has 0 N–H and O–H groups in total. The van der Waals surface area contributed by atoms with Gasteiger partial charge in [0.2, 0.25) is 10.0 Å². The summed E-state index contributed by atoms with van der Waals surface area (Å²) in [5, 5.41) is 0.269. The van der Waals surface area contributed by atoms with Crippen LogP contribution in [0.2, 0.25) is 5.02 Å². The van der Waals surface area contributed by atoms with E-state index < -0.39 is 10.0 Å². The molecule has 3 aromatic rings. The lowest BCUT2D eigenvalue weighted by atomic mass is 10.3. The number of hydrogen-bond donors (Lipinski definition) is 0. The molecule has 0 radical (unpaired) electrons. The third-order valence-corrected chi connectivity index (χ3v) is 7.02. The zero-order valence-corrected chi connectivity index (χ0v) is 17.3. The highest BCUT2D eigenvalue weighted by atomic mass is 35.5. The summed E-state index contributed by atoms with van der Waals surface area (Å²) in [5.74, 6) is 1.98. The van der Waals surface area contributed by atoms with Crippen LogP contribution >= 0.6 is 11.6 Å². The molecule has 0 spiro atoms. The molecular weight excluding hydrogens is 414 g/mol. The smallest absolute Gasteiger partial charge is 0.243 e. The van der Waals surface area contributed by atoms with Gasteiger partial charge in [-0.05, 0) is 30.3 Å². The van der Waals surface area contributed by atoms with Gasteiger partial charge in [0.15, 0.2) is 0 Å². The third kappa shape index (κ3) is 3.93. The zero-order valence-electron chi connectivity index (χ0n) is 15.8. The van der Waals surface area contributed by atoms with Crippen LogP contribution < -0.4 is 9.64 Å². The van der Waals surface area contributed by atoms with E-state index in [-0.39, 0.29) is 9.92 Å². The molecule has 2 aromatic heterocycles. The van der Waals surface area contributed by atoms with E-state index in [0.717, 1.165) is 11.6 Å². The maximum absolute atomic E-state index is 13.0. The van der Waals surface area contributed by atoms with E-state index in [9.17, 15) is 8.42 Å². The normalized spacial score (nSPS) is 15.4. The van der Waals surface area contributed by atoms with Gasteiger partial charge in [-0.1, -0.05) is 11.6 Å². The van der Waals surface area contributed by atoms with E-state index in [1.807, 2.05) is 35.2 Å². The van der Waals surface area contributed by atoms with Crippen LogP contribution in [0.1, 0.15) is 0 Å². The number of methoxy groups -OCH3 is 1. The molecule has 152 valence electrons. The van der Waals surface area contributed by atoms with Gasteiger partial charge in [0, 0.05) is 44.6 Å². The maximum atomic E-state index is 13.0. The van der Waals surface area contributed by atoms with Crippen molar-refractivity contribution in [2.75, 3.05) is 38.2 Å². The minimum Gasteiger partial charge on any atom is -0.495 e. The standard InChI is InChI=1S/C19H20ClN5O3S/c1-28-17-5-4-15(12-16(17)20)29(26,27)25-10-8-24(9-11-25)19-13-18(21-14-22-19)23-6-2-3-7-23/h2-7,12-14H,8-11H2,1H3. The number of rotatable bonds is 5. The summed E-state index contributed by atoms with van der Waals surface area (Å²) >= 11 is 6.10. The first-order valence-corrected chi connectivity index (χ1v) is 10.8. The van der Waals surface area contributed by atoms with Crippen molar-refractivity contribution >= 4 is 27.4 Å². The average molecular weight is 434 g/mol. The second kappa shape index (κ2) is 8.02. The summed E-state index contributed by atoms with van der Waals surface area (Å²) in [5.41, 5.74) is 0. The number of benzene rings is 1. The number of anilines is 1. The molecule has 4 rings (SSSR count). The lowest BCUT2D eigenvalue weighted by Gasteiger charge is -2.34. The van der Waals surface area contributed by atoms with E-state index in [2.05, 4.69) is 14.9 Å². The fourth-order valence-electron chi connectivity index (χ4n) is 3.25. The highest BCUT2D eigenvalue weighted by Gasteiger charge is 2.29. The van der Waals surface area contributed by atoms with Gasteiger partial charge in [0.1, 0.15) is 23.7 Å². The van der Waals surface area contributed by atoms with E-state index >= 15 is 0 Å². The number of ether oxygens (including phenoxy) is 1. The Bertz CT molecular complexity index is 1100. The molecule has 3 heterocycles. The number of aromatic nitrogens is 3. The van der Waals surface area contributed by atoms with Crippen LogP contribution in [0.3, 0.4) is 0 Å². The highest BCUT2D eigenvalue weighted by Crippen LogP contribution is 2.29. The molecular formula is C19H20ClN5O3S. The monoisotopic (exact) mass is 433 g/mol. The largest absolute Gasteiger partial charge is 0.495 e. The summed E-state index contributed by atoms with van der Waals surface area (Å²) in [6.07, 6.45) is 5.35. The van der Waals surface area contributed by atoms with Crippen molar-refractivity contribution in [3.8, 4) is 11.6 Å². The Labute approximate surface area is 174 Å². The fourth-order valence-corrected chi connectivity index (χ4v) is 5.02. The second-order valence-corrected chi connectivity index (χ2v) is 8.86. The molecule has 1 saturated heterocycles. The number of sulfonamides is 1. The Morgan fingerprint density at radius 2 is 1.69 bits per heavy atom. The van der Waals surface area contributed by atoms with Crippen LogP contribution in [-0.4, -0.2) is 60.5 Å². The predicted octanol–water partition coefficient (Wildman–Crippen LogP) is 2.44. The lowest BCUT2D eigenvalue weighted by Crippen LogP contribution is -2.48. The minimum absolute atomic E-state index is 0.161. The number of halogens is 1. The molecule has 1 aliphatic rings. The SMILES string of the molecule is COc1ccc(S(=O)(=O)N2CCN(c3cc(-n4cccc4)ncn3)CC2)cc1Cl. The van der Waals surface area contributed by atoms with Gasteiger partial charge >= 0.3 is 0 Å². The third-order valence-electron chi connectivity index (χ3n) is 4.83. The summed E-state index contributed by atoms with van der Waals surface area (Å²) in [7, 11) is -2.14. The molecule has 1 fully saturated rings. The van der Waals surface area contributed by atoms with Crippen LogP contribution in [0.4, 0.5) is 5.82 Å². The van der Waals surface area contributed by atoms with E-state index in [4.69, 9.17) is 16.3 Å². The van der Waals surface area contributed by atoms with Crippen molar-refractivity contribution in [2.24, 2.45) is 0 Å². The molecule has 0 amide bonds. The molecule has 29 heavy (non-hydrogen) atoms. The summed E-state index contributed by atoms with van der Waals surface area (Å²) in [6, 6.07) is 10.3. The number of hydrogen-bond acceptors (Lipinski definition) is 6. The summed E-state index contributed by atoms with van der Waals surface area (Å²) in [4.78, 5) is 10.9. The van der Waals surface area contributed by atoms with Gasteiger partial charge in [-0.2, -0.15) is 4.31 Å². The Hall–Kier alpha value is -2.62. The van der Waals surface area contributed by atoms with E-state index in [0.29, 0.717) is 31.9 Å². The van der Waals surface area contributed by atoms with E-state index in [1.54, 1.807) is 6.07 Å². The van der Waals surface area contributed by atoms with Crippen LogP contribution in [0.25, 0.3) is 5.82 Å². The first-order valence-electron chi connectivity index (χ1n) is 9.03. The van der Waals surface area contributed by atoms with Gasteiger partial charge in [-0.25, -0.2) is 18.4 Å². The number of nitrogens with zero attached hydrogens (tertiary/aromatic N) is 5. The van der Waals surface area contributed by atoms with Crippen molar-refractivity contribution in [1.82, 2.24) is 18.8 Å². The Morgan fingerprint density at radius 3 is 2.34 bits per heavy atom. The quantitative estimate of drug-likeness (QED) is 0.614. The fraction of sp³-hybridized carbons (Fsp3) is 0.263. The van der Waals surface area contributed by atoms with Crippen molar-refractivity contribution < 1.29 is 13.2 Å². The zero-order chi connectivity index (χ0) is 20.4. The second-order valence-electron chi connectivity index (χ2n) is 6.51. The van der Waals surface area contributed by atoms with Crippen LogP contribution in [0, 0.1) is 0 Å². The Balaban J connectivity index is 1.48. The van der Waals surface area contributed by atoms with Gasteiger partial charge < -0.3 is 14.2 Å². The molecule has 10 heteroatoms. The van der Waals surface area contributed by atoms with Crippen LogP contribution in [0.5, 0.6) is 5.75 Å². The predicted molar refractivity (Wildman–Crippen MR) is 110 cm³/mol. The first kappa shape index (κ1) is 19.7. The van der Waals surface area contributed by atoms with Crippen molar-refractivity contribution in [3.63, 3.8) is 0 Å². The van der Waals surface area contributed by atoms with Crippen LogP contribution in [0.15, 0.2) is 60.0 Å². The summed E-state index contributed by atoms with van der Waals surface area (Å²) in [6.45, 7) is 1.78. The van der Waals surface area contributed by atoms with Gasteiger partial charge in [-0.15, -0.1) is 0 Å². The first-order chi connectivity index (χ1) is 14.0. The Kier molecular flexibility index (Phi) is 5.44. The van der Waals surface area contributed by atoms with Gasteiger partial charge in [0.05, 0.1) is 17.0 Å². The minimum atomic E-state index is -3.63. The molecule has 1 aromatic carbocycles. The molecule has 8 nitrogen and oxygen atoms in total. The van der Waals surface area contributed by atoms with Gasteiger partial charge in [0.25, 0.3) is 0 Å². The highest BCUT2D eigenvalue weighted by molar-refractivity contribution is 7.89. The van der Waals surface area contributed by atoms with Gasteiger partial charge in [-0.3, -0.25) is 0 Å². The molecule has 0 aliphatic carbocycles. The van der Waals surface area contributed by atoms with Crippen LogP contribution in [-0.2, 0) is 10.0 Å². The molecule has 0 atom stereocenters. The van der Waals surface area contributed by atoms with Crippen molar-refractivity contribution in [3.05, 3.63) is 60.1 Å². The number of piperazine rings is 1. The Morgan fingerprint density at radius 1 is 1.00 bits per heavy atom.